The Morgan fingerprint density at radius 3 is 2.58 bits per heavy atom. The van der Waals surface area contributed by atoms with Gasteiger partial charge in [-0.15, -0.1) is 0 Å². The van der Waals surface area contributed by atoms with E-state index in [1.807, 2.05) is 29.0 Å². The minimum absolute atomic E-state index is 0.241. The van der Waals surface area contributed by atoms with Gasteiger partial charge in [-0.25, -0.2) is 9.59 Å². The number of hydrogen-bond acceptors (Lipinski definition) is 3. The molecule has 0 aliphatic heterocycles. The summed E-state index contributed by atoms with van der Waals surface area (Å²) < 4.78 is 1.91. The van der Waals surface area contributed by atoms with Crippen LogP contribution in [0.3, 0.4) is 0 Å². The maximum absolute atomic E-state index is 11.3. The summed E-state index contributed by atoms with van der Waals surface area (Å²) in [7, 11) is 0. The molecular formula is C19H14N4O3. The van der Waals surface area contributed by atoms with Crippen molar-refractivity contribution < 1.29 is 9.90 Å². The first-order valence-corrected chi connectivity index (χ1v) is 7.87. The van der Waals surface area contributed by atoms with Crippen molar-refractivity contribution in [1.29, 1.82) is 0 Å². The van der Waals surface area contributed by atoms with Crippen LogP contribution in [0.2, 0.25) is 0 Å². The van der Waals surface area contributed by atoms with Crippen LogP contribution in [0.5, 0.6) is 0 Å². The molecule has 2 aromatic carbocycles. The molecule has 2 aromatic heterocycles. The molecule has 0 unspecified atom stereocenters. The molecule has 0 spiro atoms. The van der Waals surface area contributed by atoms with Crippen LogP contribution < -0.4 is 5.69 Å². The van der Waals surface area contributed by atoms with Crippen molar-refractivity contribution in [3.8, 4) is 5.69 Å². The molecule has 7 nitrogen and oxygen atoms in total. The van der Waals surface area contributed by atoms with Gasteiger partial charge in [-0.1, -0.05) is 0 Å². The van der Waals surface area contributed by atoms with Gasteiger partial charge in [-0.2, -0.15) is 0 Å². The molecule has 7 heteroatoms. The molecular weight excluding hydrogens is 332 g/mol. The second-order valence-corrected chi connectivity index (χ2v) is 5.72. The maximum atomic E-state index is 11.3. The highest BCUT2D eigenvalue weighted by atomic mass is 16.4. The first kappa shape index (κ1) is 15.6. The lowest BCUT2D eigenvalue weighted by atomic mass is 10.2. The summed E-state index contributed by atoms with van der Waals surface area (Å²) >= 11 is 0. The van der Waals surface area contributed by atoms with E-state index in [2.05, 4.69) is 15.0 Å². The molecule has 0 atom stereocenters. The second kappa shape index (κ2) is 6.21. The molecule has 128 valence electrons. The second-order valence-electron chi connectivity index (χ2n) is 5.72. The van der Waals surface area contributed by atoms with Crippen LogP contribution >= 0.6 is 0 Å². The van der Waals surface area contributed by atoms with Crippen molar-refractivity contribution in [3.63, 3.8) is 0 Å². The van der Waals surface area contributed by atoms with E-state index in [0.29, 0.717) is 11.2 Å². The largest absolute Gasteiger partial charge is 0.478 e. The minimum Gasteiger partial charge on any atom is -0.478 e. The fourth-order valence-corrected chi connectivity index (χ4v) is 2.74. The fourth-order valence-electron chi connectivity index (χ4n) is 2.74. The highest BCUT2D eigenvalue weighted by molar-refractivity contribution is 5.88. The van der Waals surface area contributed by atoms with E-state index in [4.69, 9.17) is 5.11 Å². The fraction of sp³-hybridized carbons (Fsp3) is 0. The van der Waals surface area contributed by atoms with Gasteiger partial charge in [0, 0.05) is 11.9 Å². The average molecular weight is 346 g/mol. The lowest BCUT2D eigenvalue weighted by Gasteiger charge is -2.06. The molecule has 26 heavy (non-hydrogen) atoms. The molecule has 4 rings (SSSR count). The quantitative estimate of drug-likeness (QED) is 0.495. The van der Waals surface area contributed by atoms with Gasteiger partial charge in [0.2, 0.25) is 0 Å². The first-order valence-electron chi connectivity index (χ1n) is 7.87. The highest BCUT2D eigenvalue weighted by Gasteiger charge is 2.05. The molecule has 0 aliphatic rings. The van der Waals surface area contributed by atoms with Crippen LogP contribution in [0.1, 0.15) is 16.1 Å². The summed E-state index contributed by atoms with van der Waals surface area (Å²) in [5, 5.41) is 9.00. The summed E-state index contributed by atoms with van der Waals surface area (Å²) in [5.41, 5.74) is 3.81. The van der Waals surface area contributed by atoms with Crippen LogP contribution in [-0.2, 0) is 0 Å². The Morgan fingerprint density at radius 1 is 1.04 bits per heavy atom. The molecule has 0 fully saturated rings. The van der Waals surface area contributed by atoms with Gasteiger partial charge >= 0.3 is 11.7 Å². The lowest BCUT2D eigenvalue weighted by Crippen LogP contribution is -2.00. The third-order valence-electron chi connectivity index (χ3n) is 4.02. The smallest absolute Gasteiger partial charge is 0.335 e. The number of H-pyrrole nitrogens is 2. The van der Waals surface area contributed by atoms with E-state index in [0.717, 1.165) is 16.9 Å². The molecule has 2 heterocycles. The minimum atomic E-state index is -0.955. The van der Waals surface area contributed by atoms with Crippen molar-refractivity contribution in [2.45, 2.75) is 0 Å². The van der Waals surface area contributed by atoms with Crippen molar-refractivity contribution >= 4 is 28.9 Å². The number of carbonyl (C=O) groups is 1. The van der Waals surface area contributed by atoms with Crippen molar-refractivity contribution in [2.24, 2.45) is 4.99 Å². The Kier molecular flexibility index (Phi) is 3.74. The number of carboxylic acids is 1. The van der Waals surface area contributed by atoms with Crippen LogP contribution in [0.4, 0.5) is 5.69 Å². The van der Waals surface area contributed by atoms with Crippen LogP contribution in [0, 0.1) is 0 Å². The normalized spacial score (nSPS) is 11.4. The molecule has 0 saturated carbocycles. The Labute approximate surface area is 147 Å². The number of fused-ring (bicyclic) bond motifs is 1. The predicted octanol–water partition coefficient (Wildman–Crippen LogP) is 3.10. The molecule has 4 aromatic rings. The van der Waals surface area contributed by atoms with Gasteiger partial charge in [0.15, 0.2) is 0 Å². The number of hydrogen-bond donors (Lipinski definition) is 3. The zero-order valence-corrected chi connectivity index (χ0v) is 13.5. The van der Waals surface area contributed by atoms with Crippen molar-refractivity contribution in [2.75, 3.05) is 0 Å². The number of aromatic amines is 2. The highest BCUT2D eigenvalue weighted by Crippen LogP contribution is 2.18. The Morgan fingerprint density at radius 2 is 1.81 bits per heavy atom. The summed E-state index contributed by atoms with van der Waals surface area (Å²) in [5.74, 6) is -0.955. The number of nitrogens with zero attached hydrogens (tertiary/aromatic N) is 2. The Hall–Kier alpha value is -3.87. The maximum Gasteiger partial charge on any atom is 0.335 e. The summed E-state index contributed by atoms with van der Waals surface area (Å²) in [6.45, 7) is 0. The Balaban J connectivity index is 1.64. The van der Waals surface area contributed by atoms with Crippen LogP contribution in [-0.4, -0.2) is 31.8 Å². The zero-order valence-electron chi connectivity index (χ0n) is 13.5. The number of imidazole rings is 1. The number of aromatic carboxylic acids is 1. The number of carboxylic acid groups (broad SMARTS) is 1. The van der Waals surface area contributed by atoms with E-state index in [1.165, 1.54) is 0 Å². The number of benzene rings is 2. The number of nitrogens with one attached hydrogen (secondary N) is 2. The number of aliphatic imine (C=N–C) groups is 1. The van der Waals surface area contributed by atoms with E-state index in [1.54, 1.807) is 42.6 Å². The summed E-state index contributed by atoms with van der Waals surface area (Å²) in [6.07, 6.45) is 3.60. The lowest BCUT2D eigenvalue weighted by molar-refractivity contribution is 0.0697. The van der Waals surface area contributed by atoms with E-state index >= 15 is 0 Å². The monoisotopic (exact) mass is 346 g/mol. The standard InChI is InChI=1S/C19H14N4O3/c24-18(25)12-3-6-14(7-4-12)23-9-1-2-15(23)11-20-13-5-8-16-17(10-13)22-19(26)21-16/h1-11H,(H,24,25)(H2,21,22,26). The number of rotatable bonds is 4. The third-order valence-corrected chi connectivity index (χ3v) is 4.02. The van der Waals surface area contributed by atoms with Crippen molar-refractivity contribution in [3.05, 3.63) is 82.5 Å². The molecule has 0 amide bonds. The van der Waals surface area contributed by atoms with E-state index in [9.17, 15) is 9.59 Å². The van der Waals surface area contributed by atoms with Crippen LogP contribution in [0.15, 0.2) is 70.6 Å². The SMILES string of the molecule is O=C(O)c1ccc(-n2cccc2C=Nc2ccc3[nH]c(=O)[nH]c3c2)cc1. The van der Waals surface area contributed by atoms with E-state index in [-0.39, 0.29) is 11.3 Å². The van der Waals surface area contributed by atoms with Crippen LogP contribution in [0.25, 0.3) is 16.7 Å². The van der Waals surface area contributed by atoms with Gasteiger partial charge < -0.3 is 19.6 Å². The molecule has 0 radical (unpaired) electrons. The van der Waals surface area contributed by atoms with Gasteiger partial charge in [0.1, 0.15) is 0 Å². The molecule has 3 N–H and O–H groups in total. The van der Waals surface area contributed by atoms with Gasteiger partial charge in [-0.3, -0.25) is 4.99 Å². The average Bonchev–Trinajstić information content (AvgIpc) is 3.24. The van der Waals surface area contributed by atoms with Gasteiger partial charge in [-0.05, 0) is 54.6 Å². The molecule has 0 bridgehead atoms. The zero-order chi connectivity index (χ0) is 18.1. The molecule has 0 saturated heterocycles. The summed E-state index contributed by atoms with van der Waals surface area (Å²) in [4.78, 5) is 32.1. The summed E-state index contributed by atoms with van der Waals surface area (Å²) in [6, 6.07) is 15.8. The predicted molar refractivity (Wildman–Crippen MR) is 98.9 cm³/mol. The van der Waals surface area contributed by atoms with Gasteiger partial charge in [0.25, 0.3) is 0 Å². The van der Waals surface area contributed by atoms with Gasteiger partial charge in [0.05, 0.1) is 34.2 Å². The first-order chi connectivity index (χ1) is 12.6. The van der Waals surface area contributed by atoms with Crippen molar-refractivity contribution in [1.82, 2.24) is 14.5 Å². The topological polar surface area (TPSA) is 103 Å². The molecule has 0 aliphatic carbocycles. The van der Waals surface area contributed by atoms with E-state index < -0.39 is 5.97 Å². The number of aromatic nitrogens is 3. The third kappa shape index (κ3) is 2.93. The Bertz CT molecular complexity index is 1180.